The molecule has 0 aliphatic carbocycles. The number of hydrogen-bond donors (Lipinski definition) is 1. The predicted molar refractivity (Wildman–Crippen MR) is 78.2 cm³/mol. The van der Waals surface area contributed by atoms with Crippen molar-refractivity contribution in [2.75, 3.05) is 26.2 Å². The first kappa shape index (κ1) is 13.9. The largest absolute Gasteiger partial charge is 0.311 e. The quantitative estimate of drug-likeness (QED) is 0.824. The van der Waals surface area contributed by atoms with E-state index in [-0.39, 0.29) is 0 Å². The molecule has 2 nitrogen and oxygen atoms in total. The Morgan fingerprint density at radius 3 is 2.72 bits per heavy atom. The molecule has 1 saturated heterocycles. The van der Waals surface area contributed by atoms with Gasteiger partial charge in [0.1, 0.15) is 0 Å². The Morgan fingerprint density at radius 2 is 2.00 bits per heavy atom. The summed E-state index contributed by atoms with van der Waals surface area (Å²) >= 11 is 5.95. The number of halogens is 1. The van der Waals surface area contributed by atoms with E-state index in [0.717, 1.165) is 18.1 Å². The van der Waals surface area contributed by atoms with Crippen LogP contribution in [0.2, 0.25) is 5.02 Å². The summed E-state index contributed by atoms with van der Waals surface area (Å²) in [5.74, 6) is 0. The molecule has 0 aromatic heterocycles. The summed E-state index contributed by atoms with van der Waals surface area (Å²) in [5, 5.41) is 4.35. The second kappa shape index (κ2) is 7.13. The van der Waals surface area contributed by atoms with Crippen molar-refractivity contribution in [1.29, 1.82) is 0 Å². The van der Waals surface area contributed by atoms with E-state index in [0.29, 0.717) is 0 Å². The SMILES string of the molecule is Cc1cc(Cl)ccc1CNCCN1CCCCC1. The molecule has 18 heavy (non-hydrogen) atoms. The maximum Gasteiger partial charge on any atom is 0.0408 e. The van der Waals surface area contributed by atoms with Gasteiger partial charge in [-0.25, -0.2) is 0 Å². The van der Waals surface area contributed by atoms with Crippen LogP contribution in [-0.2, 0) is 6.54 Å². The number of nitrogens with one attached hydrogen (secondary N) is 1. The van der Waals surface area contributed by atoms with Crippen LogP contribution in [0.3, 0.4) is 0 Å². The fourth-order valence-corrected chi connectivity index (χ4v) is 2.73. The lowest BCUT2D eigenvalue weighted by Gasteiger charge is -2.26. The molecule has 3 heteroatoms. The van der Waals surface area contributed by atoms with E-state index in [1.54, 1.807) is 0 Å². The van der Waals surface area contributed by atoms with E-state index >= 15 is 0 Å². The number of aryl methyl sites for hydroxylation is 1. The molecule has 1 heterocycles. The molecule has 0 bridgehead atoms. The summed E-state index contributed by atoms with van der Waals surface area (Å²) in [6.45, 7) is 7.86. The zero-order chi connectivity index (χ0) is 12.8. The van der Waals surface area contributed by atoms with Gasteiger partial charge in [0.25, 0.3) is 0 Å². The number of benzene rings is 1. The lowest BCUT2D eigenvalue weighted by Crippen LogP contribution is -2.35. The minimum absolute atomic E-state index is 0.824. The maximum absolute atomic E-state index is 5.95. The Kier molecular flexibility index (Phi) is 5.48. The Morgan fingerprint density at radius 1 is 1.22 bits per heavy atom. The molecule has 0 amide bonds. The number of rotatable bonds is 5. The van der Waals surface area contributed by atoms with Crippen LogP contribution in [-0.4, -0.2) is 31.1 Å². The molecule has 0 radical (unpaired) electrons. The lowest BCUT2D eigenvalue weighted by atomic mass is 10.1. The van der Waals surface area contributed by atoms with Crippen molar-refractivity contribution in [3.05, 3.63) is 34.3 Å². The van der Waals surface area contributed by atoms with Gasteiger partial charge in [-0.05, 0) is 56.1 Å². The van der Waals surface area contributed by atoms with Gasteiger partial charge < -0.3 is 10.2 Å². The van der Waals surface area contributed by atoms with Crippen LogP contribution in [0.1, 0.15) is 30.4 Å². The van der Waals surface area contributed by atoms with Crippen molar-refractivity contribution < 1.29 is 0 Å². The molecule has 2 rings (SSSR count). The van der Waals surface area contributed by atoms with Crippen LogP contribution in [0, 0.1) is 6.92 Å². The molecule has 1 N–H and O–H groups in total. The van der Waals surface area contributed by atoms with Gasteiger partial charge in [0.05, 0.1) is 0 Å². The molecule has 100 valence electrons. The average Bonchev–Trinajstić information content (AvgIpc) is 2.38. The lowest BCUT2D eigenvalue weighted by molar-refractivity contribution is 0.229. The van der Waals surface area contributed by atoms with Crippen LogP contribution in [0.25, 0.3) is 0 Å². The van der Waals surface area contributed by atoms with Crippen LogP contribution in [0.5, 0.6) is 0 Å². The van der Waals surface area contributed by atoms with Crippen LogP contribution < -0.4 is 5.32 Å². The first-order valence-electron chi connectivity index (χ1n) is 6.94. The first-order chi connectivity index (χ1) is 8.75. The van der Waals surface area contributed by atoms with Gasteiger partial charge >= 0.3 is 0 Å². The molecule has 1 aliphatic rings. The van der Waals surface area contributed by atoms with Gasteiger partial charge in [0.2, 0.25) is 0 Å². The van der Waals surface area contributed by atoms with Crippen molar-refractivity contribution >= 4 is 11.6 Å². The molecule has 0 unspecified atom stereocenters. The first-order valence-corrected chi connectivity index (χ1v) is 7.31. The van der Waals surface area contributed by atoms with E-state index in [9.17, 15) is 0 Å². The Labute approximate surface area is 115 Å². The van der Waals surface area contributed by atoms with Gasteiger partial charge in [0, 0.05) is 24.7 Å². The highest BCUT2D eigenvalue weighted by Gasteiger charge is 2.08. The molecular formula is C15H23ClN2. The fourth-order valence-electron chi connectivity index (χ4n) is 2.50. The molecule has 1 aliphatic heterocycles. The number of piperidine rings is 1. The minimum Gasteiger partial charge on any atom is -0.311 e. The molecule has 1 aromatic carbocycles. The van der Waals surface area contributed by atoms with Gasteiger partial charge in [-0.15, -0.1) is 0 Å². The van der Waals surface area contributed by atoms with E-state index in [2.05, 4.69) is 23.2 Å². The third kappa shape index (κ3) is 4.27. The third-order valence-corrected chi connectivity index (χ3v) is 3.91. The molecular weight excluding hydrogens is 244 g/mol. The van der Waals surface area contributed by atoms with Gasteiger partial charge in [-0.2, -0.15) is 0 Å². The summed E-state index contributed by atoms with van der Waals surface area (Å²) in [6.07, 6.45) is 4.15. The zero-order valence-electron chi connectivity index (χ0n) is 11.2. The Balaban J connectivity index is 1.68. The topological polar surface area (TPSA) is 15.3 Å². The molecule has 0 spiro atoms. The van der Waals surface area contributed by atoms with E-state index < -0.39 is 0 Å². The highest BCUT2D eigenvalue weighted by atomic mass is 35.5. The summed E-state index contributed by atoms with van der Waals surface area (Å²) in [4.78, 5) is 2.56. The average molecular weight is 267 g/mol. The van der Waals surface area contributed by atoms with Crippen LogP contribution in [0.4, 0.5) is 0 Å². The summed E-state index contributed by atoms with van der Waals surface area (Å²) in [5.41, 5.74) is 2.62. The summed E-state index contributed by atoms with van der Waals surface area (Å²) < 4.78 is 0. The smallest absolute Gasteiger partial charge is 0.0408 e. The van der Waals surface area contributed by atoms with Crippen molar-refractivity contribution in [2.24, 2.45) is 0 Å². The molecule has 1 fully saturated rings. The van der Waals surface area contributed by atoms with E-state index in [4.69, 9.17) is 11.6 Å². The third-order valence-electron chi connectivity index (χ3n) is 3.67. The fraction of sp³-hybridized carbons (Fsp3) is 0.600. The minimum atomic E-state index is 0.824. The van der Waals surface area contributed by atoms with Crippen LogP contribution in [0.15, 0.2) is 18.2 Å². The summed E-state index contributed by atoms with van der Waals surface area (Å²) in [6, 6.07) is 6.12. The highest BCUT2D eigenvalue weighted by Crippen LogP contribution is 2.14. The van der Waals surface area contributed by atoms with Crippen molar-refractivity contribution in [1.82, 2.24) is 10.2 Å². The van der Waals surface area contributed by atoms with Crippen LogP contribution >= 0.6 is 11.6 Å². The number of likely N-dealkylation sites (tertiary alicyclic amines) is 1. The highest BCUT2D eigenvalue weighted by molar-refractivity contribution is 6.30. The Hall–Kier alpha value is -0.570. The zero-order valence-corrected chi connectivity index (χ0v) is 12.0. The normalized spacial score (nSPS) is 17.0. The predicted octanol–water partition coefficient (Wildman–Crippen LogP) is 3.22. The summed E-state index contributed by atoms with van der Waals surface area (Å²) in [7, 11) is 0. The second-order valence-corrected chi connectivity index (χ2v) is 5.59. The van der Waals surface area contributed by atoms with Crippen molar-refractivity contribution in [3.63, 3.8) is 0 Å². The van der Waals surface area contributed by atoms with E-state index in [1.807, 2.05) is 12.1 Å². The van der Waals surface area contributed by atoms with Crippen molar-refractivity contribution in [3.8, 4) is 0 Å². The number of nitrogens with zero attached hydrogens (tertiary/aromatic N) is 1. The van der Waals surface area contributed by atoms with Gasteiger partial charge in [-0.1, -0.05) is 24.1 Å². The monoisotopic (exact) mass is 266 g/mol. The molecule has 0 atom stereocenters. The second-order valence-electron chi connectivity index (χ2n) is 5.15. The Bertz CT molecular complexity index is 373. The number of hydrogen-bond acceptors (Lipinski definition) is 2. The van der Waals surface area contributed by atoms with Gasteiger partial charge in [-0.3, -0.25) is 0 Å². The van der Waals surface area contributed by atoms with Gasteiger partial charge in [0.15, 0.2) is 0 Å². The van der Waals surface area contributed by atoms with E-state index in [1.165, 1.54) is 50.0 Å². The molecule has 0 saturated carbocycles. The van der Waals surface area contributed by atoms with Crippen molar-refractivity contribution in [2.45, 2.75) is 32.7 Å². The standard InChI is InChI=1S/C15H23ClN2/c1-13-11-15(16)6-5-14(13)12-17-7-10-18-8-3-2-4-9-18/h5-6,11,17H,2-4,7-10,12H2,1H3. The maximum atomic E-state index is 5.95. The molecule has 1 aromatic rings.